The van der Waals surface area contributed by atoms with Gasteiger partial charge in [-0.2, -0.15) is 0 Å². The van der Waals surface area contributed by atoms with Crippen LogP contribution in [0.5, 0.6) is 0 Å². The summed E-state index contributed by atoms with van der Waals surface area (Å²) in [6.45, 7) is 10.0. The Morgan fingerprint density at radius 3 is 2.62 bits per heavy atom. The first-order valence-electron chi connectivity index (χ1n) is 8.96. The zero-order valence-corrected chi connectivity index (χ0v) is 14.3. The maximum absolute atomic E-state index is 12.9. The SMILES string of the molecule is C=CCC1NN(CCCN2CCNCC2)C(=O)C1c1ccccc1. The van der Waals surface area contributed by atoms with Gasteiger partial charge in [0.05, 0.1) is 5.92 Å². The molecule has 0 aromatic heterocycles. The number of hydrazine groups is 1. The van der Waals surface area contributed by atoms with Crippen LogP contribution in [0.15, 0.2) is 43.0 Å². The fourth-order valence-electron chi connectivity index (χ4n) is 3.64. The molecule has 2 saturated heterocycles. The summed E-state index contributed by atoms with van der Waals surface area (Å²) in [5.74, 6) is 0.0803. The second-order valence-corrected chi connectivity index (χ2v) is 6.58. The Labute approximate surface area is 144 Å². The largest absolute Gasteiger partial charge is 0.314 e. The van der Waals surface area contributed by atoms with E-state index in [0.29, 0.717) is 0 Å². The van der Waals surface area contributed by atoms with Crippen molar-refractivity contribution >= 4 is 5.91 Å². The summed E-state index contributed by atoms with van der Waals surface area (Å²) in [4.78, 5) is 15.3. The molecule has 2 N–H and O–H groups in total. The zero-order valence-electron chi connectivity index (χ0n) is 14.3. The van der Waals surface area contributed by atoms with Crippen molar-refractivity contribution in [3.05, 3.63) is 48.6 Å². The van der Waals surface area contributed by atoms with Crippen LogP contribution in [-0.2, 0) is 4.79 Å². The number of amides is 1. The van der Waals surface area contributed by atoms with E-state index in [2.05, 4.69) is 22.2 Å². The van der Waals surface area contributed by atoms with E-state index < -0.39 is 0 Å². The van der Waals surface area contributed by atoms with E-state index in [-0.39, 0.29) is 17.9 Å². The van der Waals surface area contributed by atoms with Crippen LogP contribution in [0.2, 0.25) is 0 Å². The lowest BCUT2D eigenvalue weighted by Gasteiger charge is -2.28. The molecule has 3 rings (SSSR count). The van der Waals surface area contributed by atoms with Crippen molar-refractivity contribution in [1.82, 2.24) is 20.7 Å². The summed E-state index contributed by atoms with van der Waals surface area (Å²) in [7, 11) is 0. The van der Waals surface area contributed by atoms with Crippen molar-refractivity contribution < 1.29 is 4.79 Å². The average molecular weight is 328 g/mol. The normalized spacial score (nSPS) is 25.2. The highest BCUT2D eigenvalue weighted by Gasteiger charge is 2.40. The third kappa shape index (κ3) is 4.04. The highest BCUT2D eigenvalue weighted by Crippen LogP contribution is 2.29. The van der Waals surface area contributed by atoms with Crippen molar-refractivity contribution in [2.45, 2.75) is 24.8 Å². The van der Waals surface area contributed by atoms with Gasteiger partial charge in [-0.1, -0.05) is 36.4 Å². The van der Waals surface area contributed by atoms with Gasteiger partial charge in [0.25, 0.3) is 0 Å². The number of piperazine rings is 1. The van der Waals surface area contributed by atoms with Crippen LogP contribution in [-0.4, -0.2) is 61.1 Å². The zero-order chi connectivity index (χ0) is 16.8. The smallest absolute Gasteiger partial charge is 0.245 e. The highest BCUT2D eigenvalue weighted by atomic mass is 16.2. The molecule has 2 fully saturated rings. The Morgan fingerprint density at radius 1 is 1.17 bits per heavy atom. The molecule has 24 heavy (non-hydrogen) atoms. The van der Waals surface area contributed by atoms with Crippen LogP contribution >= 0.6 is 0 Å². The molecule has 1 aromatic rings. The van der Waals surface area contributed by atoms with E-state index in [1.807, 2.05) is 41.4 Å². The number of hydrogen-bond donors (Lipinski definition) is 2. The minimum atomic E-state index is -0.108. The van der Waals surface area contributed by atoms with Crippen LogP contribution < -0.4 is 10.7 Å². The topological polar surface area (TPSA) is 47.6 Å². The van der Waals surface area contributed by atoms with E-state index in [4.69, 9.17) is 0 Å². The second-order valence-electron chi connectivity index (χ2n) is 6.58. The van der Waals surface area contributed by atoms with E-state index in [1.165, 1.54) is 0 Å². The molecule has 5 heteroatoms. The molecule has 2 aliphatic heterocycles. The number of nitrogens with one attached hydrogen (secondary N) is 2. The van der Waals surface area contributed by atoms with Crippen LogP contribution in [0.1, 0.15) is 24.3 Å². The Kier molecular flexibility index (Phi) is 6.01. The molecular formula is C19H28N4O. The van der Waals surface area contributed by atoms with Gasteiger partial charge in [0.2, 0.25) is 5.91 Å². The molecule has 130 valence electrons. The molecule has 5 nitrogen and oxygen atoms in total. The first-order valence-corrected chi connectivity index (χ1v) is 8.96. The minimum Gasteiger partial charge on any atom is -0.314 e. The van der Waals surface area contributed by atoms with E-state index in [9.17, 15) is 4.79 Å². The van der Waals surface area contributed by atoms with Gasteiger partial charge in [0.15, 0.2) is 0 Å². The number of carbonyl (C=O) groups is 1. The van der Waals surface area contributed by atoms with Crippen LogP contribution in [0.4, 0.5) is 0 Å². The third-order valence-electron chi connectivity index (χ3n) is 4.90. The second kappa shape index (κ2) is 8.42. The lowest BCUT2D eigenvalue weighted by molar-refractivity contribution is -0.130. The minimum absolute atomic E-state index is 0.108. The first kappa shape index (κ1) is 17.1. The van der Waals surface area contributed by atoms with Gasteiger partial charge in [0.1, 0.15) is 0 Å². The van der Waals surface area contributed by atoms with Gasteiger partial charge in [0, 0.05) is 38.8 Å². The van der Waals surface area contributed by atoms with Crippen molar-refractivity contribution in [3.8, 4) is 0 Å². The molecule has 2 unspecified atom stereocenters. The molecule has 0 radical (unpaired) electrons. The van der Waals surface area contributed by atoms with Gasteiger partial charge < -0.3 is 10.2 Å². The van der Waals surface area contributed by atoms with Crippen LogP contribution in [0, 0.1) is 0 Å². The van der Waals surface area contributed by atoms with Gasteiger partial charge in [-0.15, -0.1) is 6.58 Å². The lowest BCUT2D eigenvalue weighted by atomic mass is 9.90. The molecule has 2 heterocycles. The molecule has 1 aromatic carbocycles. The monoisotopic (exact) mass is 328 g/mol. The van der Waals surface area contributed by atoms with Gasteiger partial charge in [-0.25, -0.2) is 5.43 Å². The van der Waals surface area contributed by atoms with Crippen molar-refractivity contribution in [1.29, 1.82) is 0 Å². The highest BCUT2D eigenvalue weighted by molar-refractivity contribution is 5.86. The molecule has 2 aliphatic rings. The summed E-state index contributed by atoms with van der Waals surface area (Å²) < 4.78 is 0. The van der Waals surface area contributed by atoms with Crippen LogP contribution in [0.3, 0.4) is 0 Å². The average Bonchev–Trinajstić information content (AvgIpc) is 2.93. The quantitative estimate of drug-likeness (QED) is 0.742. The molecule has 0 spiro atoms. The van der Waals surface area contributed by atoms with E-state index in [1.54, 1.807) is 0 Å². The predicted octanol–water partition coefficient (Wildman–Crippen LogP) is 1.36. The predicted molar refractivity (Wildman–Crippen MR) is 96.6 cm³/mol. The van der Waals surface area contributed by atoms with Crippen molar-refractivity contribution in [2.75, 3.05) is 39.3 Å². The summed E-state index contributed by atoms with van der Waals surface area (Å²) >= 11 is 0. The van der Waals surface area contributed by atoms with E-state index >= 15 is 0 Å². The van der Waals surface area contributed by atoms with Crippen LogP contribution in [0.25, 0.3) is 0 Å². The Hall–Kier alpha value is -1.69. The fourth-order valence-corrected chi connectivity index (χ4v) is 3.64. The Morgan fingerprint density at radius 2 is 1.92 bits per heavy atom. The third-order valence-corrected chi connectivity index (χ3v) is 4.90. The maximum Gasteiger partial charge on any atom is 0.245 e. The number of nitrogens with zero attached hydrogens (tertiary/aromatic N) is 2. The molecule has 0 bridgehead atoms. The molecule has 0 aliphatic carbocycles. The summed E-state index contributed by atoms with van der Waals surface area (Å²) in [5, 5.41) is 5.20. The van der Waals surface area contributed by atoms with Gasteiger partial charge in [-0.3, -0.25) is 9.80 Å². The molecule has 0 saturated carbocycles. The van der Waals surface area contributed by atoms with E-state index in [0.717, 1.165) is 57.7 Å². The number of rotatable bonds is 7. The van der Waals surface area contributed by atoms with Gasteiger partial charge >= 0.3 is 0 Å². The fraction of sp³-hybridized carbons (Fsp3) is 0.526. The van der Waals surface area contributed by atoms with Crippen molar-refractivity contribution in [3.63, 3.8) is 0 Å². The number of carbonyl (C=O) groups excluding carboxylic acids is 1. The maximum atomic E-state index is 12.9. The Balaban J connectivity index is 1.58. The molecule has 1 amide bonds. The standard InChI is InChI=1S/C19H28N4O/c1-2-7-17-18(16-8-4-3-5-9-16)19(24)23(21-17)13-6-12-22-14-10-20-11-15-22/h2-5,8-9,17-18,20-21H,1,6-7,10-15H2. The summed E-state index contributed by atoms with van der Waals surface area (Å²) in [5.41, 5.74) is 4.50. The molecule has 2 atom stereocenters. The van der Waals surface area contributed by atoms with Gasteiger partial charge in [-0.05, 0) is 24.9 Å². The van der Waals surface area contributed by atoms with Crippen molar-refractivity contribution in [2.24, 2.45) is 0 Å². The summed E-state index contributed by atoms with van der Waals surface area (Å²) in [6, 6.07) is 10.2. The number of benzene rings is 1. The first-order chi connectivity index (χ1) is 11.8. The number of hydrogen-bond acceptors (Lipinski definition) is 4. The lowest BCUT2D eigenvalue weighted by Crippen LogP contribution is -2.45. The Bertz CT molecular complexity index is 542. The summed E-state index contributed by atoms with van der Waals surface area (Å²) in [6.07, 6.45) is 3.69. The molecular weight excluding hydrogens is 300 g/mol.